The number of carbonyl (C=O) groups excluding carboxylic acids is 2. The Labute approximate surface area is 151 Å². The van der Waals surface area contributed by atoms with E-state index in [1.54, 1.807) is 12.3 Å². The number of carbonyl (C=O) groups is 2. The molecule has 2 aromatic rings. The minimum atomic E-state index is -0.473. The van der Waals surface area contributed by atoms with E-state index in [9.17, 15) is 9.59 Å². The molecular formula is C18H23ClN2O4. The lowest BCUT2D eigenvalue weighted by molar-refractivity contribution is -0.154. The molecule has 1 aromatic carbocycles. The summed E-state index contributed by atoms with van der Waals surface area (Å²) in [6, 6.07) is 1.60. The fraction of sp³-hybridized carbons (Fsp3) is 0.500. The van der Waals surface area contributed by atoms with Gasteiger partial charge < -0.3 is 9.47 Å². The van der Waals surface area contributed by atoms with Gasteiger partial charge in [0.1, 0.15) is 11.1 Å². The molecule has 25 heavy (non-hydrogen) atoms. The van der Waals surface area contributed by atoms with E-state index in [1.807, 2.05) is 20.8 Å². The first-order chi connectivity index (χ1) is 11.7. The third-order valence-electron chi connectivity index (χ3n) is 3.45. The molecule has 0 bridgehead atoms. The van der Waals surface area contributed by atoms with E-state index in [0.717, 1.165) is 0 Å². The molecule has 0 saturated heterocycles. The first-order valence-corrected chi connectivity index (χ1v) is 8.58. The number of Topliss-reactive ketones (excluding diaryl/α,β-unsaturated/α-hetero) is 1. The monoisotopic (exact) mass is 366 g/mol. The maximum Gasteiger partial charge on any atom is 0.306 e. The zero-order chi connectivity index (χ0) is 18.6. The minimum Gasteiger partial charge on any atom is -0.490 e. The molecule has 1 aromatic heterocycles. The first-order valence-electron chi connectivity index (χ1n) is 8.20. The highest BCUT2D eigenvalue weighted by Crippen LogP contribution is 2.34. The van der Waals surface area contributed by atoms with Crippen molar-refractivity contribution in [2.45, 2.75) is 52.6 Å². The van der Waals surface area contributed by atoms with Crippen molar-refractivity contribution >= 4 is 34.3 Å². The molecular weight excluding hydrogens is 344 g/mol. The van der Waals surface area contributed by atoms with Crippen molar-refractivity contribution in [3.05, 3.63) is 22.8 Å². The lowest BCUT2D eigenvalue weighted by atomic mass is 10.1. The van der Waals surface area contributed by atoms with Crippen LogP contribution in [0.5, 0.6) is 5.75 Å². The van der Waals surface area contributed by atoms with E-state index < -0.39 is 5.60 Å². The predicted molar refractivity (Wildman–Crippen MR) is 96.3 cm³/mol. The van der Waals surface area contributed by atoms with Crippen molar-refractivity contribution in [2.75, 3.05) is 6.61 Å². The van der Waals surface area contributed by atoms with Crippen LogP contribution in [-0.4, -0.2) is 34.2 Å². The summed E-state index contributed by atoms with van der Waals surface area (Å²) in [7, 11) is 0. The van der Waals surface area contributed by atoms with Gasteiger partial charge in [-0.1, -0.05) is 11.6 Å². The molecule has 0 unspecified atom stereocenters. The zero-order valence-corrected chi connectivity index (χ0v) is 15.7. The van der Waals surface area contributed by atoms with Gasteiger partial charge in [-0.15, -0.1) is 0 Å². The van der Waals surface area contributed by atoms with E-state index in [2.05, 4.69) is 10.2 Å². The second kappa shape index (κ2) is 7.87. The maximum absolute atomic E-state index is 11.9. The van der Waals surface area contributed by atoms with Crippen molar-refractivity contribution in [1.29, 1.82) is 0 Å². The van der Waals surface area contributed by atoms with Gasteiger partial charge in [-0.3, -0.25) is 14.7 Å². The Morgan fingerprint density at radius 2 is 2.00 bits per heavy atom. The fourth-order valence-electron chi connectivity index (χ4n) is 2.39. The Kier molecular flexibility index (Phi) is 6.06. The Morgan fingerprint density at radius 1 is 1.28 bits per heavy atom. The largest absolute Gasteiger partial charge is 0.490 e. The van der Waals surface area contributed by atoms with Crippen LogP contribution in [0, 0.1) is 0 Å². The van der Waals surface area contributed by atoms with Crippen LogP contribution in [0.4, 0.5) is 0 Å². The highest BCUT2D eigenvalue weighted by molar-refractivity contribution is 6.36. The minimum absolute atomic E-state index is 0.143. The SMILES string of the molecule is CC(=O)c1cc(Cl)c2c[nH]nc2c1OCCCCC(=O)OC(C)(C)C. The highest BCUT2D eigenvalue weighted by atomic mass is 35.5. The van der Waals surface area contributed by atoms with Crippen LogP contribution < -0.4 is 4.74 Å². The van der Waals surface area contributed by atoms with Crippen LogP contribution >= 0.6 is 11.6 Å². The molecule has 0 radical (unpaired) electrons. The number of hydrogen-bond acceptors (Lipinski definition) is 5. The van der Waals surface area contributed by atoms with E-state index in [1.165, 1.54) is 6.92 Å². The average Bonchev–Trinajstić information content (AvgIpc) is 2.96. The molecule has 0 aliphatic carbocycles. The maximum atomic E-state index is 11.9. The summed E-state index contributed by atoms with van der Waals surface area (Å²) in [6.07, 6.45) is 3.29. The van der Waals surface area contributed by atoms with E-state index >= 15 is 0 Å². The Hall–Kier alpha value is -2.08. The Balaban J connectivity index is 1.96. The molecule has 7 heteroatoms. The van der Waals surface area contributed by atoms with E-state index in [0.29, 0.717) is 53.1 Å². The molecule has 0 fully saturated rings. The van der Waals surface area contributed by atoms with Crippen molar-refractivity contribution < 1.29 is 19.1 Å². The number of esters is 1. The van der Waals surface area contributed by atoms with Crippen molar-refractivity contribution in [2.24, 2.45) is 0 Å². The normalized spacial score (nSPS) is 11.6. The Bertz CT molecular complexity index is 777. The molecule has 0 aliphatic heterocycles. The number of ketones is 1. The fourth-order valence-corrected chi connectivity index (χ4v) is 2.64. The molecule has 0 aliphatic rings. The van der Waals surface area contributed by atoms with E-state index in [-0.39, 0.29) is 11.8 Å². The van der Waals surface area contributed by atoms with Crippen molar-refractivity contribution in [3.63, 3.8) is 0 Å². The third-order valence-corrected chi connectivity index (χ3v) is 3.76. The van der Waals surface area contributed by atoms with Crippen LogP contribution in [0.15, 0.2) is 12.3 Å². The highest BCUT2D eigenvalue weighted by Gasteiger charge is 2.18. The number of aromatic amines is 1. The standard InChI is InChI=1S/C18H23ClN2O4/c1-11(22)12-9-14(19)13-10-20-21-16(13)17(12)24-8-6-5-7-15(23)25-18(2,3)4/h9-10H,5-8H2,1-4H3,(H,20,21). The van der Waals surface area contributed by atoms with Gasteiger partial charge in [0.15, 0.2) is 11.5 Å². The van der Waals surface area contributed by atoms with E-state index in [4.69, 9.17) is 21.1 Å². The number of benzene rings is 1. The average molecular weight is 367 g/mol. The summed E-state index contributed by atoms with van der Waals surface area (Å²) in [4.78, 5) is 23.5. The number of nitrogens with one attached hydrogen (secondary N) is 1. The summed E-state index contributed by atoms with van der Waals surface area (Å²) < 4.78 is 11.1. The van der Waals surface area contributed by atoms with Crippen LogP contribution in [0.2, 0.25) is 5.02 Å². The summed E-state index contributed by atoms with van der Waals surface area (Å²) in [5.74, 6) is 0.0547. The van der Waals surface area contributed by atoms with Gasteiger partial charge in [-0.25, -0.2) is 0 Å². The topological polar surface area (TPSA) is 81.3 Å². The number of aromatic nitrogens is 2. The molecule has 6 nitrogen and oxygen atoms in total. The number of nitrogens with zero attached hydrogens (tertiary/aromatic N) is 1. The second-order valence-corrected chi connectivity index (χ2v) is 7.24. The molecule has 0 amide bonds. The summed E-state index contributed by atoms with van der Waals surface area (Å²) in [5, 5.41) is 8.02. The molecule has 1 heterocycles. The lowest BCUT2D eigenvalue weighted by Crippen LogP contribution is -2.23. The lowest BCUT2D eigenvalue weighted by Gasteiger charge is -2.19. The molecule has 136 valence electrons. The number of H-pyrrole nitrogens is 1. The third kappa shape index (κ3) is 5.19. The first kappa shape index (κ1) is 19.2. The number of hydrogen-bond donors (Lipinski definition) is 1. The number of rotatable bonds is 7. The van der Waals surface area contributed by atoms with Gasteiger partial charge in [-0.05, 0) is 46.6 Å². The number of unbranched alkanes of at least 4 members (excludes halogenated alkanes) is 1. The predicted octanol–water partition coefficient (Wildman–Crippen LogP) is 4.31. The summed E-state index contributed by atoms with van der Waals surface area (Å²) >= 11 is 6.17. The summed E-state index contributed by atoms with van der Waals surface area (Å²) in [6.45, 7) is 7.35. The van der Waals surface area contributed by atoms with Crippen molar-refractivity contribution in [1.82, 2.24) is 10.2 Å². The second-order valence-electron chi connectivity index (χ2n) is 6.83. The van der Waals surface area contributed by atoms with Gasteiger partial charge in [0.05, 0.1) is 17.2 Å². The molecule has 0 atom stereocenters. The van der Waals surface area contributed by atoms with Crippen LogP contribution in [0.25, 0.3) is 10.9 Å². The number of fused-ring (bicyclic) bond motifs is 1. The summed E-state index contributed by atoms with van der Waals surface area (Å²) in [5.41, 5.74) is 0.459. The van der Waals surface area contributed by atoms with Crippen LogP contribution in [0.1, 0.15) is 57.3 Å². The molecule has 1 N–H and O–H groups in total. The van der Waals surface area contributed by atoms with Crippen LogP contribution in [0.3, 0.4) is 0 Å². The number of ether oxygens (including phenoxy) is 2. The quantitative estimate of drug-likeness (QED) is 0.448. The van der Waals surface area contributed by atoms with Gasteiger partial charge in [0.25, 0.3) is 0 Å². The van der Waals surface area contributed by atoms with Gasteiger partial charge in [0.2, 0.25) is 0 Å². The van der Waals surface area contributed by atoms with Crippen LogP contribution in [-0.2, 0) is 9.53 Å². The molecule has 0 spiro atoms. The van der Waals surface area contributed by atoms with Gasteiger partial charge in [-0.2, -0.15) is 5.10 Å². The molecule has 2 rings (SSSR count). The number of halogens is 1. The Morgan fingerprint density at radius 3 is 2.64 bits per heavy atom. The van der Waals surface area contributed by atoms with Gasteiger partial charge in [0, 0.05) is 18.0 Å². The van der Waals surface area contributed by atoms with Gasteiger partial charge >= 0.3 is 5.97 Å². The smallest absolute Gasteiger partial charge is 0.306 e. The zero-order valence-electron chi connectivity index (χ0n) is 14.9. The van der Waals surface area contributed by atoms with Crippen molar-refractivity contribution in [3.8, 4) is 5.75 Å². The molecule has 0 saturated carbocycles.